The van der Waals surface area contributed by atoms with Gasteiger partial charge in [-0.25, -0.2) is 4.98 Å². The van der Waals surface area contributed by atoms with Crippen LogP contribution in [-0.4, -0.2) is 22.1 Å². The normalized spacial score (nSPS) is 12.2. The Morgan fingerprint density at radius 1 is 1.38 bits per heavy atom. The Morgan fingerprint density at radius 2 is 2.10 bits per heavy atom. The molecule has 0 radical (unpaired) electrons. The van der Waals surface area contributed by atoms with E-state index in [4.69, 9.17) is 0 Å². The number of halogens is 2. The van der Waals surface area contributed by atoms with Crippen LogP contribution in [-0.2, 0) is 11.3 Å². The van der Waals surface area contributed by atoms with Crippen LogP contribution in [0.3, 0.4) is 0 Å². The zero-order valence-electron chi connectivity index (χ0n) is 11.4. The van der Waals surface area contributed by atoms with Gasteiger partial charge in [0.25, 0.3) is 0 Å². The molecule has 1 N–H and O–H groups in total. The Bertz CT molecular complexity index is 570. The maximum Gasteiger partial charge on any atom is 0.387 e. The number of imidazole rings is 1. The summed E-state index contributed by atoms with van der Waals surface area (Å²) in [5.74, 6) is -0.0623. The average Bonchev–Trinajstić information content (AvgIpc) is 2.99. The molecule has 0 bridgehead atoms. The van der Waals surface area contributed by atoms with Crippen LogP contribution in [0.25, 0.3) is 0 Å². The van der Waals surface area contributed by atoms with Crippen molar-refractivity contribution in [3.8, 4) is 5.75 Å². The molecule has 0 aliphatic rings. The SMILES string of the molecule is C[C@@H](C(=O)NCc1ccc(OC(F)F)cc1)n1ccnc1. The summed E-state index contributed by atoms with van der Waals surface area (Å²) in [6.07, 6.45) is 4.88. The Labute approximate surface area is 120 Å². The summed E-state index contributed by atoms with van der Waals surface area (Å²) in [6, 6.07) is 5.76. The number of ether oxygens (including phenoxy) is 1. The summed E-state index contributed by atoms with van der Waals surface area (Å²) in [5.41, 5.74) is 0.794. The number of nitrogens with zero attached hydrogens (tertiary/aromatic N) is 2. The van der Waals surface area contributed by atoms with E-state index in [2.05, 4.69) is 15.0 Å². The molecule has 1 aromatic carbocycles. The number of rotatable bonds is 6. The largest absolute Gasteiger partial charge is 0.435 e. The summed E-state index contributed by atoms with van der Waals surface area (Å²) in [6.45, 7) is -0.768. The number of aromatic nitrogens is 2. The van der Waals surface area contributed by atoms with Crippen molar-refractivity contribution < 1.29 is 18.3 Å². The highest BCUT2D eigenvalue weighted by Crippen LogP contribution is 2.15. The van der Waals surface area contributed by atoms with Crippen molar-refractivity contribution in [3.05, 3.63) is 48.5 Å². The molecule has 0 aliphatic heterocycles. The fourth-order valence-electron chi connectivity index (χ4n) is 1.76. The van der Waals surface area contributed by atoms with Crippen molar-refractivity contribution in [3.63, 3.8) is 0 Å². The van der Waals surface area contributed by atoms with E-state index in [1.807, 2.05) is 0 Å². The van der Waals surface area contributed by atoms with Crippen molar-refractivity contribution >= 4 is 5.91 Å². The molecule has 5 nitrogen and oxygen atoms in total. The molecule has 1 amide bonds. The standard InChI is InChI=1S/C14H15F2N3O2/c1-10(19-7-6-17-9-19)13(20)18-8-11-2-4-12(5-3-11)21-14(15)16/h2-7,9-10,14H,8H2,1H3,(H,18,20)/t10-/m0/s1. The number of carbonyl (C=O) groups excluding carboxylic acids is 1. The highest BCUT2D eigenvalue weighted by atomic mass is 19.3. The Hall–Kier alpha value is -2.44. The molecule has 2 rings (SSSR count). The van der Waals surface area contributed by atoms with Crippen LogP contribution in [0.5, 0.6) is 5.75 Å². The third-order valence-electron chi connectivity index (χ3n) is 2.97. The molecule has 0 spiro atoms. The van der Waals surface area contributed by atoms with Gasteiger partial charge in [-0.2, -0.15) is 8.78 Å². The van der Waals surface area contributed by atoms with Crippen LogP contribution in [0.15, 0.2) is 43.0 Å². The van der Waals surface area contributed by atoms with Gasteiger partial charge >= 0.3 is 6.61 Å². The molecule has 1 heterocycles. The van der Waals surface area contributed by atoms with Gasteiger partial charge in [0.2, 0.25) is 5.91 Å². The lowest BCUT2D eigenvalue weighted by atomic mass is 10.2. The van der Waals surface area contributed by atoms with E-state index in [1.54, 1.807) is 42.3 Å². The Kier molecular flexibility index (Phi) is 4.86. The molecule has 0 unspecified atom stereocenters. The molecule has 1 atom stereocenters. The van der Waals surface area contributed by atoms with Crippen molar-refractivity contribution in [2.75, 3.05) is 0 Å². The fourth-order valence-corrected chi connectivity index (χ4v) is 1.76. The van der Waals surface area contributed by atoms with Gasteiger partial charge in [-0.1, -0.05) is 12.1 Å². The van der Waals surface area contributed by atoms with E-state index < -0.39 is 6.61 Å². The van der Waals surface area contributed by atoms with Crippen molar-refractivity contribution in [2.45, 2.75) is 26.1 Å². The first kappa shape index (κ1) is 15.0. The number of amides is 1. The molecule has 0 aliphatic carbocycles. The van der Waals surface area contributed by atoms with Gasteiger partial charge in [-0.05, 0) is 24.6 Å². The summed E-state index contributed by atoms with van der Waals surface area (Å²) in [4.78, 5) is 15.8. The van der Waals surface area contributed by atoms with Crippen LogP contribution in [0.4, 0.5) is 8.78 Å². The minimum Gasteiger partial charge on any atom is -0.435 e. The second kappa shape index (κ2) is 6.83. The number of alkyl halides is 2. The van der Waals surface area contributed by atoms with Crippen molar-refractivity contribution in [2.24, 2.45) is 0 Å². The van der Waals surface area contributed by atoms with Crippen LogP contribution < -0.4 is 10.1 Å². The van der Waals surface area contributed by atoms with E-state index >= 15 is 0 Å². The predicted molar refractivity (Wildman–Crippen MR) is 71.9 cm³/mol. The summed E-state index contributed by atoms with van der Waals surface area (Å²) < 4.78 is 30.0. The van der Waals surface area contributed by atoms with E-state index in [-0.39, 0.29) is 17.7 Å². The van der Waals surface area contributed by atoms with Crippen LogP contribution in [0.2, 0.25) is 0 Å². The van der Waals surface area contributed by atoms with Crippen LogP contribution in [0.1, 0.15) is 18.5 Å². The Balaban J connectivity index is 1.86. The second-order valence-electron chi connectivity index (χ2n) is 4.43. The quantitative estimate of drug-likeness (QED) is 0.890. The summed E-state index contributed by atoms with van der Waals surface area (Å²) in [5, 5.41) is 2.77. The maximum atomic E-state index is 12.0. The van der Waals surface area contributed by atoms with Crippen molar-refractivity contribution in [1.82, 2.24) is 14.9 Å². The third kappa shape index (κ3) is 4.27. The molecule has 0 fully saturated rings. The lowest BCUT2D eigenvalue weighted by molar-refractivity contribution is -0.124. The molecule has 2 aromatic rings. The number of carbonyl (C=O) groups is 1. The first-order valence-corrected chi connectivity index (χ1v) is 6.35. The highest BCUT2D eigenvalue weighted by Gasteiger charge is 2.13. The van der Waals surface area contributed by atoms with Crippen LogP contribution >= 0.6 is 0 Å². The summed E-state index contributed by atoms with van der Waals surface area (Å²) >= 11 is 0. The zero-order valence-corrected chi connectivity index (χ0v) is 11.4. The minimum absolute atomic E-state index is 0.0897. The van der Waals surface area contributed by atoms with E-state index in [9.17, 15) is 13.6 Å². The fraction of sp³-hybridized carbons (Fsp3) is 0.286. The van der Waals surface area contributed by atoms with Gasteiger partial charge in [0.1, 0.15) is 11.8 Å². The smallest absolute Gasteiger partial charge is 0.387 e. The van der Waals surface area contributed by atoms with Gasteiger partial charge in [-0.3, -0.25) is 4.79 Å². The van der Waals surface area contributed by atoms with Gasteiger partial charge in [-0.15, -0.1) is 0 Å². The molecule has 7 heteroatoms. The predicted octanol–water partition coefficient (Wildman–Crippen LogP) is 2.36. The lowest BCUT2D eigenvalue weighted by Gasteiger charge is -2.13. The second-order valence-corrected chi connectivity index (χ2v) is 4.43. The number of benzene rings is 1. The van der Waals surface area contributed by atoms with E-state index in [0.29, 0.717) is 6.54 Å². The number of hydrogen-bond acceptors (Lipinski definition) is 3. The monoisotopic (exact) mass is 295 g/mol. The van der Waals surface area contributed by atoms with Crippen LogP contribution in [0, 0.1) is 0 Å². The van der Waals surface area contributed by atoms with Gasteiger partial charge < -0.3 is 14.6 Å². The zero-order chi connectivity index (χ0) is 15.2. The molecular formula is C14H15F2N3O2. The van der Waals surface area contributed by atoms with E-state index in [1.165, 1.54) is 12.1 Å². The molecule has 112 valence electrons. The number of hydrogen-bond donors (Lipinski definition) is 1. The third-order valence-corrected chi connectivity index (χ3v) is 2.97. The highest BCUT2D eigenvalue weighted by molar-refractivity contribution is 5.79. The minimum atomic E-state index is -2.84. The lowest BCUT2D eigenvalue weighted by Crippen LogP contribution is -2.30. The number of nitrogens with one attached hydrogen (secondary N) is 1. The topological polar surface area (TPSA) is 56.1 Å². The Morgan fingerprint density at radius 3 is 2.67 bits per heavy atom. The first-order chi connectivity index (χ1) is 10.1. The maximum absolute atomic E-state index is 12.0. The van der Waals surface area contributed by atoms with Gasteiger partial charge in [0.05, 0.1) is 6.33 Å². The summed E-state index contributed by atoms with van der Waals surface area (Å²) in [7, 11) is 0. The van der Waals surface area contributed by atoms with Gasteiger partial charge in [0.15, 0.2) is 0 Å². The molecule has 21 heavy (non-hydrogen) atoms. The molecule has 1 aromatic heterocycles. The molecule has 0 saturated heterocycles. The van der Waals surface area contributed by atoms with E-state index in [0.717, 1.165) is 5.56 Å². The average molecular weight is 295 g/mol. The van der Waals surface area contributed by atoms with Crippen molar-refractivity contribution in [1.29, 1.82) is 0 Å². The molecular weight excluding hydrogens is 280 g/mol. The van der Waals surface area contributed by atoms with Gasteiger partial charge in [0, 0.05) is 18.9 Å². The first-order valence-electron chi connectivity index (χ1n) is 6.35. The molecule has 0 saturated carbocycles.